The first kappa shape index (κ1) is 21.7. The summed E-state index contributed by atoms with van der Waals surface area (Å²) in [5.41, 5.74) is 2.86. The normalized spacial score (nSPS) is 11.1. The van der Waals surface area contributed by atoms with E-state index in [0.717, 1.165) is 23.2 Å². The number of nitrogens with zero attached hydrogens (tertiary/aromatic N) is 5. The molecule has 3 aromatic rings. The smallest absolute Gasteiger partial charge is 0.294 e. The molecule has 3 aromatic heterocycles. The maximum absolute atomic E-state index is 13.3. The molecule has 8 heteroatoms. The van der Waals surface area contributed by atoms with Gasteiger partial charge in [-0.05, 0) is 32.4 Å². The Morgan fingerprint density at radius 2 is 1.87 bits per heavy atom. The van der Waals surface area contributed by atoms with Crippen molar-refractivity contribution >= 4 is 16.9 Å². The van der Waals surface area contributed by atoms with Gasteiger partial charge in [0, 0.05) is 44.1 Å². The second kappa shape index (κ2) is 10.2. The molecular weight excluding hydrogens is 382 g/mol. The lowest BCUT2D eigenvalue weighted by Gasteiger charge is -2.21. The lowest BCUT2D eigenvalue weighted by molar-refractivity contribution is 0.127. The monoisotopic (exact) mass is 411 g/mol. The van der Waals surface area contributed by atoms with Crippen molar-refractivity contribution < 1.29 is 9.47 Å². The molecule has 0 N–H and O–H groups in total. The zero-order valence-electron chi connectivity index (χ0n) is 18.1. The van der Waals surface area contributed by atoms with Crippen LogP contribution in [0.1, 0.15) is 27.2 Å². The number of anilines is 1. The highest BCUT2D eigenvalue weighted by Gasteiger charge is 2.16. The fourth-order valence-corrected chi connectivity index (χ4v) is 3.30. The number of rotatable bonds is 10. The number of ether oxygens (including phenoxy) is 2. The second-order valence-corrected chi connectivity index (χ2v) is 6.82. The van der Waals surface area contributed by atoms with E-state index in [2.05, 4.69) is 21.9 Å². The van der Waals surface area contributed by atoms with Crippen LogP contribution in [0.25, 0.3) is 22.3 Å². The van der Waals surface area contributed by atoms with Crippen molar-refractivity contribution in [3.63, 3.8) is 0 Å². The molecule has 0 saturated heterocycles. The van der Waals surface area contributed by atoms with E-state index in [4.69, 9.17) is 9.47 Å². The highest BCUT2D eigenvalue weighted by atomic mass is 16.5. The molecule has 0 bridgehead atoms. The van der Waals surface area contributed by atoms with Gasteiger partial charge < -0.3 is 18.9 Å². The fraction of sp³-hybridized carbons (Fsp3) is 0.455. The third kappa shape index (κ3) is 4.59. The Labute approximate surface area is 176 Å². The first-order valence-electron chi connectivity index (χ1n) is 10.4. The zero-order chi connectivity index (χ0) is 21.5. The molecule has 0 aliphatic heterocycles. The number of fused-ring (bicyclic) bond motifs is 1. The molecule has 3 heterocycles. The highest BCUT2D eigenvalue weighted by molar-refractivity contribution is 5.80. The van der Waals surface area contributed by atoms with Crippen molar-refractivity contribution in [1.82, 2.24) is 19.5 Å². The molecule has 0 spiro atoms. The quantitative estimate of drug-likeness (QED) is 0.474. The molecule has 0 aliphatic rings. The maximum Gasteiger partial charge on any atom is 0.294 e. The van der Waals surface area contributed by atoms with Crippen LogP contribution < -0.4 is 15.2 Å². The molecule has 0 amide bonds. The molecule has 0 saturated carbocycles. The molecule has 0 aliphatic carbocycles. The van der Waals surface area contributed by atoms with E-state index in [0.29, 0.717) is 50.1 Å². The summed E-state index contributed by atoms with van der Waals surface area (Å²) in [6.07, 6.45) is 4.36. The third-order valence-corrected chi connectivity index (χ3v) is 4.93. The Morgan fingerprint density at radius 1 is 1.07 bits per heavy atom. The van der Waals surface area contributed by atoms with E-state index in [1.54, 1.807) is 30.1 Å². The lowest BCUT2D eigenvalue weighted by atomic mass is 10.2. The van der Waals surface area contributed by atoms with Crippen LogP contribution in [0.2, 0.25) is 0 Å². The minimum atomic E-state index is -0.115. The average molecular weight is 412 g/mol. The van der Waals surface area contributed by atoms with Gasteiger partial charge in [-0.15, -0.1) is 0 Å². The number of hydrogen-bond acceptors (Lipinski definition) is 7. The standard InChI is InChI=1S/C22H29N5O3/c1-5-11-30-12-10-27-19-13-17(16-8-9-20(29-4)24-14-16)23-15-18(19)25-21(22(27)28)26(6-2)7-3/h8-9,13-15H,5-7,10-12H2,1-4H3. The van der Waals surface area contributed by atoms with Crippen LogP contribution in [-0.4, -0.2) is 52.9 Å². The summed E-state index contributed by atoms with van der Waals surface area (Å²) in [4.78, 5) is 28.7. The summed E-state index contributed by atoms with van der Waals surface area (Å²) in [5.74, 6) is 0.985. The number of aromatic nitrogens is 4. The second-order valence-electron chi connectivity index (χ2n) is 6.82. The van der Waals surface area contributed by atoms with Crippen molar-refractivity contribution in [2.45, 2.75) is 33.7 Å². The third-order valence-electron chi connectivity index (χ3n) is 4.93. The van der Waals surface area contributed by atoms with E-state index >= 15 is 0 Å². The van der Waals surface area contributed by atoms with Gasteiger partial charge in [0.05, 0.1) is 31.1 Å². The molecule has 3 rings (SSSR count). The van der Waals surface area contributed by atoms with Gasteiger partial charge in [-0.3, -0.25) is 9.78 Å². The molecule has 0 fully saturated rings. The summed E-state index contributed by atoms with van der Waals surface area (Å²) in [6.45, 7) is 9.10. The number of hydrogen-bond donors (Lipinski definition) is 0. The summed E-state index contributed by atoms with van der Waals surface area (Å²) in [6, 6.07) is 5.57. The van der Waals surface area contributed by atoms with E-state index in [1.807, 2.05) is 30.9 Å². The summed E-state index contributed by atoms with van der Waals surface area (Å²) >= 11 is 0. The molecule has 160 valence electrons. The lowest BCUT2D eigenvalue weighted by Crippen LogP contribution is -2.34. The SMILES string of the molecule is CCCOCCn1c(=O)c(N(CC)CC)nc2cnc(-c3ccc(OC)nc3)cc21. The molecule has 0 atom stereocenters. The van der Waals surface area contributed by atoms with Crippen molar-refractivity contribution in [2.75, 3.05) is 38.3 Å². The van der Waals surface area contributed by atoms with E-state index in [1.165, 1.54) is 0 Å². The van der Waals surface area contributed by atoms with Crippen LogP contribution in [-0.2, 0) is 11.3 Å². The Hall–Kier alpha value is -3.00. The van der Waals surface area contributed by atoms with Crippen LogP contribution >= 0.6 is 0 Å². The number of methoxy groups -OCH3 is 1. The van der Waals surface area contributed by atoms with Gasteiger partial charge in [-0.25, -0.2) is 9.97 Å². The fourth-order valence-electron chi connectivity index (χ4n) is 3.30. The maximum atomic E-state index is 13.3. The van der Waals surface area contributed by atoms with Crippen LogP contribution in [0.15, 0.2) is 35.4 Å². The number of pyridine rings is 2. The molecule has 0 unspecified atom stereocenters. The van der Waals surface area contributed by atoms with Gasteiger partial charge in [-0.2, -0.15) is 0 Å². The van der Waals surface area contributed by atoms with Gasteiger partial charge in [-0.1, -0.05) is 6.92 Å². The molecule has 0 radical (unpaired) electrons. The van der Waals surface area contributed by atoms with Crippen LogP contribution in [0.3, 0.4) is 0 Å². The van der Waals surface area contributed by atoms with Gasteiger partial charge >= 0.3 is 0 Å². The topological polar surface area (TPSA) is 82.4 Å². The first-order valence-corrected chi connectivity index (χ1v) is 10.4. The Morgan fingerprint density at radius 3 is 2.50 bits per heavy atom. The van der Waals surface area contributed by atoms with E-state index in [9.17, 15) is 4.79 Å². The van der Waals surface area contributed by atoms with Crippen molar-refractivity contribution in [3.05, 3.63) is 40.9 Å². The van der Waals surface area contributed by atoms with Crippen molar-refractivity contribution in [3.8, 4) is 17.1 Å². The first-order chi connectivity index (χ1) is 14.6. The van der Waals surface area contributed by atoms with E-state index < -0.39 is 0 Å². The molecular formula is C22H29N5O3. The minimum absolute atomic E-state index is 0.115. The molecule has 0 aromatic carbocycles. The minimum Gasteiger partial charge on any atom is -0.481 e. The predicted octanol–water partition coefficient (Wildman–Crippen LogP) is 3.13. The highest BCUT2D eigenvalue weighted by Crippen LogP contribution is 2.22. The van der Waals surface area contributed by atoms with Crippen LogP contribution in [0, 0.1) is 0 Å². The van der Waals surface area contributed by atoms with Gasteiger partial charge in [0.2, 0.25) is 5.88 Å². The molecule has 8 nitrogen and oxygen atoms in total. The summed E-state index contributed by atoms with van der Waals surface area (Å²) < 4.78 is 12.5. The van der Waals surface area contributed by atoms with Crippen molar-refractivity contribution in [2.24, 2.45) is 0 Å². The van der Waals surface area contributed by atoms with Crippen LogP contribution in [0.5, 0.6) is 5.88 Å². The average Bonchev–Trinajstić information content (AvgIpc) is 2.79. The predicted molar refractivity (Wildman–Crippen MR) is 118 cm³/mol. The van der Waals surface area contributed by atoms with Gasteiger partial charge in [0.1, 0.15) is 5.52 Å². The summed E-state index contributed by atoms with van der Waals surface area (Å²) in [7, 11) is 1.58. The van der Waals surface area contributed by atoms with Crippen molar-refractivity contribution in [1.29, 1.82) is 0 Å². The largest absolute Gasteiger partial charge is 0.481 e. The Balaban J connectivity index is 2.10. The van der Waals surface area contributed by atoms with Gasteiger partial charge in [0.15, 0.2) is 5.82 Å². The van der Waals surface area contributed by atoms with Crippen LogP contribution in [0.4, 0.5) is 5.82 Å². The Bertz CT molecular complexity index is 1030. The van der Waals surface area contributed by atoms with E-state index in [-0.39, 0.29) is 5.56 Å². The molecule has 30 heavy (non-hydrogen) atoms. The summed E-state index contributed by atoms with van der Waals surface area (Å²) in [5, 5.41) is 0. The Kier molecular flexibility index (Phi) is 7.35. The zero-order valence-corrected chi connectivity index (χ0v) is 18.1. The van der Waals surface area contributed by atoms with Gasteiger partial charge in [0.25, 0.3) is 5.56 Å².